The fraction of sp³-hybridized carbons (Fsp3) is 0.467. The molecule has 1 aromatic carbocycles. The van der Waals surface area contributed by atoms with Crippen molar-refractivity contribution in [2.24, 2.45) is 0 Å². The maximum atomic E-state index is 12.7. The van der Waals surface area contributed by atoms with Crippen LogP contribution in [-0.4, -0.2) is 40.1 Å². The molecule has 0 bridgehead atoms. The minimum absolute atomic E-state index is 0.00244. The highest BCUT2D eigenvalue weighted by molar-refractivity contribution is 7.71. The van der Waals surface area contributed by atoms with E-state index in [2.05, 4.69) is 4.98 Å². The lowest BCUT2D eigenvalue weighted by Gasteiger charge is -2.35. The number of rotatable bonds is 3. The first-order chi connectivity index (χ1) is 10.2. The average Bonchev–Trinajstić information content (AvgIpc) is 2.86. The molecule has 1 saturated heterocycles. The van der Waals surface area contributed by atoms with E-state index < -0.39 is 0 Å². The van der Waals surface area contributed by atoms with Crippen LogP contribution in [0.4, 0.5) is 0 Å². The highest BCUT2D eigenvalue weighted by Gasteiger charge is 2.27. The zero-order chi connectivity index (χ0) is 14.8. The van der Waals surface area contributed by atoms with Gasteiger partial charge in [0.1, 0.15) is 0 Å². The number of benzene rings is 1. The number of amides is 1. The molecular weight excluding hydrogens is 288 g/mol. The van der Waals surface area contributed by atoms with E-state index >= 15 is 0 Å². The third-order valence-corrected chi connectivity index (χ3v) is 4.20. The topological polar surface area (TPSA) is 69.5 Å². The van der Waals surface area contributed by atoms with E-state index in [1.807, 2.05) is 11.0 Å². The predicted octanol–water partition coefficient (Wildman–Crippen LogP) is 2.87. The number of likely N-dealkylation sites (tertiary alicyclic amines) is 1. The van der Waals surface area contributed by atoms with Gasteiger partial charge in [-0.05, 0) is 56.1 Å². The smallest absolute Gasteiger partial charge is 0.266 e. The van der Waals surface area contributed by atoms with Crippen LogP contribution in [0, 0.1) is 4.84 Å². The van der Waals surface area contributed by atoms with Gasteiger partial charge in [-0.1, -0.05) is 0 Å². The molecule has 3 rings (SSSR count). The van der Waals surface area contributed by atoms with E-state index in [-0.39, 0.29) is 18.6 Å². The number of nitrogens with one attached hydrogen (secondary N) is 1. The molecule has 5 nitrogen and oxygen atoms in total. The Kier molecular flexibility index (Phi) is 4.07. The van der Waals surface area contributed by atoms with Gasteiger partial charge in [0.05, 0.1) is 5.52 Å². The highest BCUT2D eigenvalue weighted by Crippen LogP contribution is 2.23. The first kappa shape index (κ1) is 14.3. The summed E-state index contributed by atoms with van der Waals surface area (Å²) in [5, 5.41) is 9.16. The van der Waals surface area contributed by atoms with E-state index in [0.29, 0.717) is 22.4 Å². The van der Waals surface area contributed by atoms with Crippen molar-refractivity contribution in [1.82, 2.24) is 9.88 Å². The van der Waals surface area contributed by atoms with Crippen LogP contribution in [0.5, 0.6) is 0 Å². The summed E-state index contributed by atoms with van der Waals surface area (Å²) in [5.74, 6) is -0.00244. The summed E-state index contributed by atoms with van der Waals surface area (Å²) in [5.41, 5.74) is 1.99. The molecule has 1 atom stereocenters. The van der Waals surface area contributed by atoms with Crippen LogP contribution < -0.4 is 0 Å². The number of fused-ring (bicyclic) bond motifs is 1. The van der Waals surface area contributed by atoms with Crippen LogP contribution in [0.1, 0.15) is 36.0 Å². The van der Waals surface area contributed by atoms with Crippen molar-refractivity contribution in [3.8, 4) is 0 Å². The maximum absolute atomic E-state index is 12.7. The molecule has 0 spiro atoms. The number of hydrogen-bond donors (Lipinski definition) is 2. The third kappa shape index (κ3) is 2.87. The second-order valence-corrected chi connectivity index (χ2v) is 5.76. The van der Waals surface area contributed by atoms with Gasteiger partial charge in [0.15, 0.2) is 5.58 Å². The Morgan fingerprint density at radius 1 is 1.48 bits per heavy atom. The average molecular weight is 306 g/mol. The van der Waals surface area contributed by atoms with E-state index in [1.165, 1.54) is 0 Å². The Morgan fingerprint density at radius 2 is 2.33 bits per heavy atom. The molecule has 112 valence electrons. The van der Waals surface area contributed by atoms with Crippen LogP contribution >= 0.6 is 12.2 Å². The number of aliphatic hydroxyl groups excluding tert-OH is 1. The minimum atomic E-state index is -0.00244. The Labute approximate surface area is 127 Å². The zero-order valence-corrected chi connectivity index (χ0v) is 12.5. The van der Waals surface area contributed by atoms with Gasteiger partial charge >= 0.3 is 0 Å². The van der Waals surface area contributed by atoms with Gasteiger partial charge in [-0.15, -0.1) is 0 Å². The lowest BCUT2D eigenvalue weighted by Crippen LogP contribution is -2.44. The number of aromatic amines is 1. The molecule has 1 unspecified atom stereocenters. The normalized spacial score (nSPS) is 19.1. The second kappa shape index (κ2) is 5.99. The SMILES string of the molecule is O=C(c1ccc2[nH]c(=S)oc2c1)N1CCCCC1CCO. The number of carbonyl (C=O) groups is 1. The molecule has 2 N–H and O–H groups in total. The Morgan fingerprint density at radius 3 is 3.14 bits per heavy atom. The molecular formula is C15H18N2O3S. The van der Waals surface area contributed by atoms with E-state index in [0.717, 1.165) is 31.3 Å². The Balaban J connectivity index is 1.89. The summed E-state index contributed by atoms with van der Waals surface area (Å²) in [6.07, 6.45) is 3.72. The van der Waals surface area contributed by atoms with Crippen molar-refractivity contribution in [2.45, 2.75) is 31.7 Å². The largest absolute Gasteiger partial charge is 0.429 e. The van der Waals surface area contributed by atoms with E-state index in [9.17, 15) is 4.79 Å². The fourth-order valence-corrected chi connectivity index (χ4v) is 3.16. The number of carbonyl (C=O) groups excluding carboxylic acids is 1. The summed E-state index contributed by atoms with van der Waals surface area (Å²) < 4.78 is 5.37. The van der Waals surface area contributed by atoms with Crippen molar-refractivity contribution in [3.63, 3.8) is 0 Å². The maximum Gasteiger partial charge on any atom is 0.266 e. The first-order valence-corrected chi connectivity index (χ1v) is 7.64. The number of aliphatic hydroxyl groups is 1. The van der Waals surface area contributed by atoms with Gasteiger partial charge in [0.25, 0.3) is 10.7 Å². The van der Waals surface area contributed by atoms with Gasteiger partial charge in [-0.3, -0.25) is 4.79 Å². The molecule has 1 amide bonds. The molecule has 0 saturated carbocycles. The van der Waals surface area contributed by atoms with Gasteiger partial charge in [-0.25, -0.2) is 0 Å². The van der Waals surface area contributed by atoms with Crippen molar-refractivity contribution < 1.29 is 14.3 Å². The third-order valence-electron chi connectivity index (χ3n) is 4.02. The molecule has 21 heavy (non-hydrogen) atoms. The molecule has 2 heterocycles. The molecule has 1 fully saturated rings. The Bertz CT molecular complexity index is 704. The van der Waals surface area contributed by atoms with Gasteiger partial charge in [0, 0.05) is 24.8 Å². The van der Waals surface area contributed by atoms with E-state index in [4.69, 9.17) is 21.7 Å². The lowest BCUT2D eigenvalue weighted by atomic mass is 9.98. The standard InChI is InChI=1S/C15H18N2O3S/c18-8-6-11-3-1-2-7-17(11)14(19)10-4-5-12-13(9-10)20-15(21)16-12/h4-5,9,11,18H,1-3,6-8H2,(H,16,21). The fourth-order valence-electron chi connectivity index (χ4n) is 2.96. The molecule has 2 aromatic rings. The molecule has 6 heteroatoms. The number of H-pyrrole nitrogens is 1. The van der Waals surface area contributed by atoms with Crippen molar-refractivity contribution >= 4 is 29.2 Å². The van der Waals surface area contributed by atoms with Crippen molar-refractivity contribution in [2.75, 3.05) is 13.2 Å². The van der Waals surface area contributed by atoms with Crippen LogP contribution in [0.15, 0.2) is 22.6 Å². The number of aromatic nitrogens is 1. The van der Waals surface area contributed by atoms with Crippen molar-refractivity contribution in [1.29, 1.82) is 0 Å². The summed E-state index contributed by atoms with van der Waals surface area (Å²) in [4.78, 5) is 17.8. The van der Waals surface area contributed by atoms with Crippen molar-refractivity contribution in [3.05, 3.63) is 28.6 Å². The zero-order valence-electron chi connectivity index (χ0n) is 11.7. The second-order valence-electron chi connectivity index (χ2n) is 5.39. The first-order valence-electron chi connectivity index (χ1n) is 7.24. The quantitative estimate of drug-likeness (QED) is 0.856. The van der Waals surface area contributed by atoms with Crippen LogP contribution in [0.2, 0.25) is 0 Å². The molecule has 1 aliphatic heterocycles. The minimum Gasteiger partial charge on any atom is -0.429 e. The molecule has 1 aliphatic rings. The molecule has 0 aliphatic carbocycles. The highest BCUT2D eigenvalue weighted by atomic mass is 32.1. The summed E-state index contributed by atoms with van der Waals surface area (Å²) in [6.45, 7) is 0.859. The molecule has 1 aromatic heterocycles. The lowest BCUT2D eigenvalue weighted by molar-refractivity contribution is 0.0574. The van der Waals surface area contributed by atoms with Gasteiger partial charge in [0.2, 0.25) is 0 Å². The number of piperidine rings is 1. The van der Waals surface area contributed by atoms with Crippen LogP contribution in [-0.2, 0) is 0 Å². The van der Waals surface area contributed by atoms with E-state index in [1.54, 1.807) is 12.1 Å². The summed E-state index contributed by atoms with van der Waals surface area (Å²) >= 11 is 4.95. The Hall–Kier alpha value is -1.66. The van der Waals surface area contributed by atoms with Crippen LogP contribution in [0.3, 0.4) is 0 Å². The monoisotopic (exact) mass is 306 g/mol. The molecule has 0 radical (unpaired) electrons. The summed E-state index contributed by atoms with van der Waals surface area (Å²) in [7, 11) is 0. The number of nitrogens with zero attached hydrogens (tertiary/aromatic N) is 1. The summed E-state index contributed by atoms with van der Waals surface area (Å²) in [6, 6.07) is 5.46. The van der Waals surface area contributed by atoms with Gasteiger partial charge < -0.3 is 19.4 Å². The predicted molar refractivity (Wildman–Crippen MR) is 81.8 cm³/mol. The van der Waals surface area contributed by atoms with Gasteiger partial charge in [-0.2, -0.15) is 0 Å². The van der Waals surface area contributed by atoms with Crippen LogP contribution in [0.25, 0.3) is 11.1 Å². The number of hydrogen-bond acceptors (Lipinski definition) is 4. The number of oxazole rings is 1.